The van der Waals surface area contributed by atoms with Crippen LogP contribution in [0.3, 0.4) is 0 Å². The molecule has 108 valence electrons. The lowest BCUT2D eigenvalue weighted by Gasteiger charge is -2.17. The van der Waals surface area contributed by atoms with Crippen molar-refractivity contribution in [3.63, 3.8) is 0 Å². The standard InChI is InChI=1S/C12H13BrN2O5/c13-8-2-1-3-9(4-8)14-10(16)5-15(6-11(17)18)7-12(19)20/h1-4H,5-7H2,(H,14,16)(H,17,18)(H,19,20). The zero-order valence-electron chi connectivity index (χ0n) is 10.4. The third kappa shape index (κ3) is 6.30. The van der Waals surface area contributed by atoms with Crippen molar-refractivity contribution in [2.24, 2.45) is 0 Å². The third-order valence-corrected chi connectivity index (χ3v) is 2.69. The fourth-order valence-electron chi connectivity index (χ4n) is 1.52. The van der Waals surface area contributed by atoms with Gasteiger partial charge >= 0.3 is 11.9 Å². The van der Waals surface area contributed by atoms with Crippen LogP contribution in [0.25, 0.3) is 0 Å². The predicted molar refractivity (Wildman–Crippen MR) is 74.5 cm³/mol. The van der Waals surface area contributed by atoms with E-state index in [4.69, 9.17) is 10.2 Å². The Morgan fingerprint density at radius 1 is 1.10 bits per heavy atom. The summed E-state index contributed by atoms with van der Waals surface area (Å²) >= 11 is 3.25. The maximum atomic E-state index is 11.7. The zero-order valence-corrected chi connectivity index (χ0v) is 12.0. The van der Waals surface area contributed by atoms with E-state index in [0.29, 0.717) is 5.69 Å². The van der Waals surface area contributed by atoms with E-state index in [1.807, 2.05) is 0 Å². The fourth-order valence-corrected chi connectivity index (χ4v) is 1.92. The molecule has 0 unspecified atom stereocenters. The van der Waals surface area contributed by atoms with Crippen molar-refractivity contribution in [1.29, 1.82) is 0 Å². The van der Waals surface area contributed by atoms with Crippen molar-refractivity contribution in [1.82, 2.24) is 4.90 Å². The largest absolute Gasteiger partial charge is 0.480 e. The molecule has 1 aromatic rings. The summed E-state index contributed by atoms with van der Waals surface area (Å²) in [6.45, 7) is -1.35. The number of hydrogen-bond acceptors (Lipinski definition) is 4. The number of aliphatic carboxylic acids is 2. The molecule has 0 bridgehead atoms. The summed E-state index contributed by atoms with van der Waals surface area (Å²) in [6.07, 6.45) is 0. The topological polar surface area (TPSA) is 107 Å². The van der Waals surface area contributed by atoms with Gasteiger partial charge in [0.25, 0.3) is 0 Å². The van der Waals surface area contributed by atoms with Crippen LogP contribution < -0.4 is 5.32 Å². The summed E-state index contributed by atoms with van der Waals surface area (Å²) in [7, 11) is 0. The van der Waals surface area contributed by atoms with Gasteiger partial charge in [0.1, 0.15) is 0 Å². The van der Waals surface area contributed by atoms with Gasteiger partial charge in [-0.05, 0) is 18.2 Å². The molecule has 0 saturated carbocycles. The lowest BCUT2D eigenvalue weighted by Crippen LogP contribution is -2.40. The second-order valence-electron chi connectivity index (χ2n) is 3.99. The van der Waals surface area contributed by atoms with Crippen LogP contribution >= 0.6 is 15.9 Å². The van der Waals surface area contributed by atoms with Gasteiger partial charge in [-0.3, -0.25) is 19.3 Å². The van der Waals surface area contributed by atoms with Crippen molar-refractivity contribution in [3.8, 4) is 0 Å². The molecule has 0 radical (unpaired) electrons. The first kappa shape index (κ1) is 16.1. The number of anilines is 1. The summed E-state index contributed by atoms with van der Waals surface area (Å²) < 4.78 is 0.781. The van der Waals surface area contributed by atoms with E-state index in [0.717, 1.165) is 9.37 Å². The lowest BCUT2D eigenvalue weighted by molar-refractivity contribution is -0.142. The molecule has 0 saturated heterocycles. The molecule has 0 aliphatic rings. The smallest absolute Gasteiger partial charge is 0.317 e. The van der Waals surface area contributed by atoms with Gasteiger partial charge in [-0.2, -0.15) is 0 Å². The Morgan fingerprint density at radius 3 is 2.20 bits per heavy atom. The van der Waals surface area contributed by atoms with E-state index in [9.17, 15) is 14.4 Å². The van der Waals surface area contributed by atoms with Crippen LogP contribution in [0.1, 0.15) is 0 Å². The number of carbonyl (C=O) groups is 3. The van der Waals surface area contributed by atoms with Crippen molar-refractivity contribution >= 4 is 39.5 Å². The Hall–Kier alpha value is -1.93. The van der Waals surface area contributed by atoms with Gasteiger partial charge in [-0.25, -0.2) is 0 Å². The minimum Gasteiger partial charge on any atom is -0.480 e. The number of carboxylic acids is 2. The van der Waals surface area contributed by atoms with Gasteiger partial charge in [0.15, 0.2) is 0 Å². The molecule has 1 rings (SSSR count). The SMILES string of the molecule is O=C(O)CN(CC(=O)O)CC(=O)Nc1cccc(Br)c1. The van der Waals surface area contributed by atoms with Crippen molar-refractivity contribution < 1.29 is 24.6 Å². The maximum Gasteiger partial charge on any atom is 0.317 e. The van der Waals surface area contributed by atoms with Gasteiger partial charge in [-0.1, -0.05) is 22.0 Å². The number of nitrogens with one attached hydrogen (secondary N) is 1. The predicted octanol–water partition coefficient (Wildman–Crippen LogP) is 0.859. The van der Waals surface area contributed by atoms with Crippen LogP contribution in [0.4, 0.5) is 5.69 Å². The summed E-state index contributed by atoms with van der Waals surface area (Å²) in [5, 5.41) is 19.9. The van der Waals surface area contributed by atoms with E-state index in [1.54, 1.807) is 24.3 Å². The molecule has 8 heteroatoms. The van der Waals surface area contributed by atoms with E-state index >= 15 is 0 Å². The Kier molecular flexibility index (Phi) is 6.13. The average molecular weight is 345 g/mol. The van der Waals surface area contributed by atoms with Crippen molar-refractivity contribution in [2.75, 3.05) is 25.0 Å². The average Bonchev–Trinajstić information content (AvgIpc) is 2.26. The van der Waals surface area contributed by atoms with Crippen LogP contribution in [0.5, 0.6) is 0 Å². The van der Waals surface area contributed by atoms with E-state index < -0.39 is 30.9 Å². The molecule has 0 atom stereocenters. The molecule has 0 heterocycles. The first-order chi connectivity index (χ1) is 9.36. The van der Waals surface area contributed by atoms with Gasteiger partial charge < -0.3 is 15.5 Å². The lowest BCUT2D eigenvalue weighted by atomic mass is 10.3. The number of rotatable bonds is 7. The quantitative estimate of drug-likeness (QED) is 0.677. The van der Waals surface area contributed by atoms with Crippen LogP contribution in [-0.2, 0) is 14.4 Å². The number of nitrogens with zero attached hydrogens (tertiary/aromatic N) is 1. The molecule has 0 fully saturated rings. The number of amides is 1. The molecule has 0 aliphatic heterocycles. The number of carbonyl (C=O) groups excluding carboxylic acids is 1. The Morgan fingerprint density at radius 2 is 1.70 bits per heavy atom. The highest BCUT2D eigenvalue weighted by atomic mass is 79.9. The monoisotopic (exact) mass is 344 g/mol. The highest BCUT2D eigenvalue weighted by Gasteiger charge is 2.17. The Labute approximate surface area is 123 Å². The molecule has 0 aliphatic carbocycles. The third-order valence-electron chi connectivity index (χ3n) is 2.19. The summed E-state index contributed by atoms with van der Waals surface area (Å²) in [5.74, 6) is -2.87. The second kappa shape index (κ2) is 7.61. The fraction of sp³-hybridized carbons (Fsp3) is 0.250. The molecule has 0 aromatic heterocycles. The summed E-state index contributed by atoms with van der Waals surface area (Å²) in [5.41, 5.74) is 0.537. The van der Waals surface area contributed by atoms with Crippen LogP contribution in [-0.4, -0.2) is 52.6 Å². The molecule has 20 heavy (non-hydrogen) atoms. The minimum atomic E-state index is -1.19. The van der Waals surface area contributed by atoms with Crippen LogP contribution in [0.15, 0.2) is 28.7 Å². The summed E-state index contributed by atoms with van der Waals surface area (Å²) in [6, 6.07) is 6.86. The van der Waals surface area contributed by atoms with E-state index in [1.165, 1.54) is 0 Å². The van der Waals surface area contributed by atoms with Crippen LogP contribution in [0.2, 0.25) is 0 Å². The highest BCUT2D eigenvalue weighted by molar-refractivity contribution is 9.10. The minimum absolute atomic E-state index is 0.314. The van der Waals surface area contributed by atoms with Crippen molar-refractivity contribution in [2.45, 2.75) is 0 Å². The number of halogens is 1. The first-order valence-corrected chi connectivity index (χ1v) is 6.37. The van der Waals surface area contributed by atoms with Gasteiger partial charge in [0.2, 0.25) is 5.91 Å². The van der Waals surface area contributed by atoms with Gasteiger partial charge in [0.05, 0.1) is 19.6 Å². The Balaban J connectivity index is 2.61. The molecular weight excluding hydrogens is 332 g/mol. The molecule has 0 spiro atoms. The molecule has 1 aromatic carbocycles. The normalized spacial score (nSPS) is 10.3. The molecule has 7 nitrogen and oxygen atoms in total. The number of carboxylic acid groups (broad SMARTS) is 2. The highest BCUT2D eigenvalue weighted by Crippen LogP contribution is 2.15. The van der Waals surface area contributed by atoms with Crippen LogP contribution in [0, 0.1) is 0 Å². The van der Waals surface area contributed by atoms with E-state index in [2.05, 4.69) is 21.2 Å². The zero-order chi connectivity index (χ0) is 15.1. The summed E-state index contributed by atoms with van der Waals surface area (Å²) in [4.78, 5) is 34.0. The second-order valence-corrected chi connectivity index (χ2v) is 4.91. The molecular formula is C12H13BrN2O5. The molecule has 3 N–H and O–H groups in total. The van der Waals surface area contributed by atoms with Gasteiger partial charge in [0, 0.05) is 10.2 Å². The first-order valence-electron chi connectivity index (χ1n) is 5.58. The number of benzene rings is 1. The van der Waals surface area contributed by atoms with E-state index in [-0.39, 0.29) is 6.54 Å². The Bertz CT molecular complexity index is 504. The van der Waals surface area contributed by atoms with Crippen molar-refractivity contribution in [3.05, 3.63) is 28.7 Å². The maximum absolute atomic E-state index is 11.7. The van der Waals surface area contributed by atoms with Gasteiger partial charge in [-0.15, -0.1) is 0 Å². The number of hydrogen-bond donors (Lipinski definition) is 3. The molecule has 1 amide bonds.